The molecule has 0 heterocycles. The first-order valence-electron chi connectivity index (χ1n) is 9.89. The Morgan fingerprint density at radius 1 is 1.03 bits per heavy atom. The Kier molecular flexibility index (Phi) is 10.8. The van der Waals surface area contributed by atoms with Gasteiger partial charge in [0.15, 0.2) is 9.84 Å². The maximum atomic E-state index is 12.6. The van der Waals surface area contributed by atoms with Crippen molar-refractivity contribution in [3.63, 3.8) is 0 Å². The van der Waals surface area contributed by atoms with E-state index in [4.69, 9.17) is 19.0 Å². The number of nitrogens with two attached hydrogens (primary N) is 1. The first-order chi connectivity index (χ1) is 13.7. The van der Waals surface area contributed by atoms with Gasteiger partial charge in [0, 0.05) is 31.4 Å². The first-order valence-corrected chi connectivity index (χ1v) is 13.5. The van der Waals surface area contributed by atoms with Crippen molar-refractivity contribution in [2.24, 2.45) is 5.73 Å². The van der Waals surface area contributed by atoms with E-state index < -0.39 is 30.3 Å². The number of carbonyl (C=O) groups excluding carboxylic acids is 1. The second-order valence-electron chi connectivity index (χ2n) is 6.54. The summed E-state index contributed by atoms with van der Waals surface area (Å²) < 4.78 is 42.6. The summed E-state index contributed by atoms with van der Waals surface area (Å²) in [5.41, 5.74) is 6.46. The summed E-state index contributed by atoms with van der Waals surface area (Å²) in [5, 5.41) is 0. The second-order valence-corrected chi connectivity index (χ2v) is 11.3. The topological polar surface area (TPSA) is 105 Å². The Hall–Kier alpha value is -1.52. The molecule has 0 aliphatic rings. The fraction of sp³-hybridized carbons (Fsp3) is 0.550. The number of carbonyl (C=O) groups is 1. The zero-order valence-corrected chi connectivity index (χ0v) is 19.6. The number of aryl methyl sites for hydroxylation is 1. The fourth-order valence-corrected chi connectivity index (χ4v) is 6.89. The minimum Gasteiger partial charge on any atom is -0.374 e. The van der Waals surface area contributed by atoms with Crippen molar-refractivity contribution in [2.45, 2.75) is 51.5 Å². The summed E-state index contributed by atoms with van der Waals surface area (Å²) in [4.78, 5) is 12.0. The molecule has 0 fully saturated rings. The Labute approximate surface area is 175 Å². The number of allylic oxidation sites excluding steroid dienone is 1. The normalized spacial score (nSPS) is 12.9. The molecule has 9 heteroatoms. The van der Waals surface area contributed by atoms with Gasteiger partial charge in [0.2, 0.25) is 5.91 Å². The van der Waals surface area contributed by atoms with Crippen LogP contribution in [0.3, 0.4) is 0 Å². The van der Waals surface area contributed by atoms with E-state index in [0.29, 0.717) is 38.7 Å². The molecule has 0 atom stereocenters. The van der Waals surface area contributed by atoms with Crippen molar-refractivity contribution < 1.29 is 26.5 Å². The molecule has 1 amide bonds. The van der Waals surface area contributed by atoms with Crippen molar-refractivity contribution in [3.05, 3.63) is 41.5 Å². The quantitative estimate of drug-likeness (QED) is 0.269. The number of benzene rings is 1. The molecule has 0 aliphatic carbocycles. The smallest absolute Gasteiger partial charge is 0.374 e. The number of amides is 1. The van der Waals surface area contributed by atoms with Crippen LogP contribution < -0.4 is 5.73 Å². The molecule has 0 aromatic heterocycles. The van der Waals surface area contributed by atoms with Crippen LogP contribution in [0.2, 0.25) is 6.04 Å². The molecule has 1 aromatic carbocycles. The molecular formula is C20H33NO6SSi. The van der Waals surface area contributed by atoms with Gasteiger partial charge in [0.05, 0.1) is 10.6 Å². The van der Waals surface area contributed by atoms with Gasteiger partial charge in [-0.15, -0.1) is 0 Å². The van der Waals surface area contributed by atoms with Gasteiger partial charge < -0.3 is 19.0 Å². The van der Waals surface area contributed by atoms with Gasteiger partial charge in [0.1, 0.15) is 0 Å². The van der Waals surface area contributed by atoms with Crippen LogP contribution in [0.15, 0.2) is 40.8 Å². The summed E-state index contributed by atoms with van der Waals surface area (Å²) in [7, 11) is -6.41. The number of hydrogen-bond acceptors (Lipinski definition) is 6. The largest absolute Gasteiger partial charge is 0.500 e. The molecule has 0 unspecified atom stereocenters. The predicted octanol–water partition coefficient (Wildman–Crippen LogP) is 3.01. The Balaban J connectivity index is 2.84. The van der Waals surface area contributed by atoms with E-state index in [1.54, 1.807) is 18.2 Å². The molecule has 1 aromatic rings. The Morgan fingerprint density at radius 3 is 2.00 bits per heavy atom. The third-order valence-electron chi connectivity index (χ3n) is 4.21. The molecule has 1 rings (SSSR count). The fourth-order valence-electron chi connectivity index (χ4n) is 2.86. The van der Waals surface area contributed by atoms with E-state index in [9.17, 15) is 13.2 Å². The van der Waals surface area contributed by atoms with Gasteiger partial charge in [-0.25, -0.2) is 8.42 Å². The van der Waals surface area contributed by atoms with Crippen LogP contribution in [-0.2, 0) is 27.9 Å². The van der Waals surface area contributed by atoms with Crippen molar-refractivity contribution in [3.8, 4) is 0 Å². The van der Waals surface area contributed by atoms with E-state index in [1.807, 2.05) is 27.7 Å². The summed E-state index contributed by atoms with van der Waals surface area (Å²) >= 11 is 0. The van der Waals surface area contributed by atoms with Gasteiger partial charge in [-0.2, -0.15) is 0 Å². The van der Waals surface area contributed by atoms with Crippen molar-refractivity contribution in [1.29, 1.82) is 0 Å². The molecule has 7 nitrogen and oxygen atoms in total. The van der Waals surface area contributed by atoms with Crippen LogP contribution in [0.5, 0.6) is 0 Å². The molecule has 0 saturated carbocycles. The lowest BCUT2D eigenvalue weighted by atomic mass is 10.2. The van der Waals surface area contributed by atoms with E-state index in [-0.39, 0.29) is 10.5 Å². The standard InChI is InChI=1S/C20H33NO6SSi/c1-5-25-29(26-6-2,27-7-3)15-9-8-10-18(20(21)22)16-28(23,24)19-13-11-17(4)12-14-19/h10-14H,5-9,15-16H2,1-4H3,(H2,21,22). The molecule has 0 aliphatic heterocycles. The van der Waals surface area contributed by atoms with E-state index in [1.165, 1.54) is 12.1 Å². The third-order valence-corrected chi connectivity index (χ3v) is 9.05. The third kappa shape index (κ3) is 8.39. The maximum Gasteiger partial charge on any atom is 0.500 e. The lowest BCUT2D eigenvalue weighted by Crippen LogP contribution is -2.45. The highest BCUT2D eigenvalue weighted by Gasteiger charge is 2.39. The molecule has 164 valence electrons. The summed E-state index contributed by atoms with van der Waals surface area (Å²) in [6, 6.07) is 7.10. The molecule has 0 bridgehead atoms. The highest BCUT2D eigenvalue weighted by atomic mass is 32.2. The Morgan fingerprint density at radius 2 is 1.55 bits per heavy atom. The molecule has 29 heavy (non-hydrogen) atoms. The van der Waals surface area contributed by atoms with Gasteiger partial charge in [-0.1, -0.05) is 23.8 Å². The summed E-state index contributed by atoms with van der Waals surface area (Å²) in [6.07, 6.45) is 2.70. The van der Waals surface area contributed by atoms with E-state index in [0.717, 1.165) is 5.56 Å². The lowest BCUT2D eigenvalue weighted by Gasteiger charge is -2.28. The van der Waals surface area contributed by atoms with Gasteiger partial charge >= 0.3 is 8.80 Å². The van der Waals surface area contributed by atoms with Gasteiger partial charge in [-0.05, 0) is 52.7 Å². The minimum atomic E-state index is -3.65. The number of primary amides is 1. The van der Waals surface area contributed by atoms with Crippen molar-refractivity contribution in [1.82, 2.24) is 0 Å². The lowest BCUT2D eigenvalue weighted by molar-refractivity contribution is -0.114. The molecular weight excluding hydrogens is 410 g/mol. The van der Waals surface area contributed by atoms with Crippen molar-refractivity contribution in [2.75, 3.05) is 25.6 Å². The van der Waals surface area contributed by atoms with Crippen LogP contribution in [0, 0.1) is 6.92 Å². The maximum absolute atomic E-state index is 12.6. The molecule has 0 radical (unpaired) electrons. The van der Waals surface area contributed by atoms with Crippen LogP contribution in [-0.4, -0.2) is 48.7 Å². The molecule has 2 N–H and O–H groups in total. The van der Waals surface area contributed by atoms with Crippen LogP contribution >= 0.6 is 0 Å². The number of rotatable bonds is 14. The van der Waals surface area contributed by atoms with Crippen LogP contribution in [0.1, 0.15) is 39.2 Å². The highest BCUT2D eigenvalue weighted by Crippen LogP contribution is 2.21. The number of hydrogen-bond donors (Lipinski definition) is 1. The number of sulfone groups is 1. The van der Waals surface area contributed by atoms with Crippen LogP contribution in [0.25, 0.3) is 0 Å². The average Bonchev–Trinajstić information content (AvgIpc) is 2.65. The molecule has 0 saturated heterocycles. The van der Waals surface area contributed by atoms with E-state index >= 15 is 0 Å². The first kappa shape index (κ1) is 25.5. The average molecular weight is 444 g/mol. The van der Waals surface area contributed by atoms with Gasteiger partial charge in [-0.3, -0.25) is 4.79 Å². The predicted molar refractivity (Wildman–Crippen MR) is 115 cm³/mol. The second kappa shape index (κ2) is 12.2. The molecule has 0 spiro atoms. The van der Waals surface area contributed by atoms with Crippen molar-refractivity contribution >= 4 is 24.5 Å². The zero-order chi connectivity index (χ0) is 21.9. The highest BCUT2D eigenvalue weighted by molar-refractivity contribution is 7.91. The SMILES string of the molecule is CCO[Si](CCCC=C(CS(=O)(=O)c1ccc(C)cc1)C(N)=O)(OCC)OCC. The number of unbranched alkanes of at least 4 members (excludes halogenated alkanes) is 1. The monoisotopic (exact) mass is 443 g/mol. The summed E-state index contributed by atoms with van der Waals surface area (Å²) in [6.45, 7) is 9.01. The van der Waals surface area contributed by atoms with Crippen LogP contribution in [0.4, 0.5) is 0 Å². The minimum absolute atomic E-state index is 0.0853. The Bertz CT molecular complexity index is 760. The zero-order valence-electron chi connectivity index (χ0n) is 17.8. The summed E-state index contributed by atoms with van der Waals surface area (Å²) in [5.74, 6) is -1.15. The van der Waals surface area contributed by atoms with Gasteiger partial charge in [0.25, 0.3) is 0 Å². The van der Waals surface area contributed by atoms with E-state index in [2.05, 4.69) is 0 Å².